The van der Waals surface area contributed by atoms with Crippen molar-refractivity contribution in [3.63, 3.8) is 0 Å². The van der Waals surface area contributed by atoms with Gasteiger partial charge in [-0.2, -0.15) is 0 Å². The second kappa shape index (κ2) is 7.87. The van der Waals surface area contributed by atoms with E-state index in [2.05, 4.69) is 17.6 Å². The SMILES string of the molecule is CCC(NC(C)C(=O)NC(C)C)c1ccc(Cl)c(Cl)c1. The van der Waals surface area contributed by atoms with E-state index in [9.17, 15) is 4.79 Å². The Morgan fingerprint density at radius 1 is 1.20 bits per heavy atom. The number of carbonyl (C=O) groups excluding carboxylic acids is 1. The summed E-state index contributed by atoms with van der Waals surface area (Å²) in [5.41, 5.74) is 1.03. The highest BCUT2D eigenvalue weighted by atomic mass is 35.5. The van der Waals surface area contributed by atoms with Crippen LogP contribution in [0.4, 0.5) is 0 Å². The number of rotatable bonds is 6. The van der Waals surface area contributed by atoms with E-state index in [0.29, 0.717) is 10.0 Å². The molecule has 2 atom stereocenters. The number of halogens is 2. The minimum absolute atomic E-state index is 0.00138. The van der Waals surface area contributed by atoms with Crippen LogP contribution in [0.25, 0.3) is 0 Å². The Hall–Kier alpha value is -0.770. The van der Waals surface area contributed by atoms with Crippen molar-refractivity contribution in [3.05, 3.63) is 33.8 Å². The van der Waals surface area contributed by atoms with Crippen LogP contribution in [-0.4, -0.2) is 18.0 Å². The van der Waals surface area contributed by atoms with Gasteiger partial charge in [0.2, 0.25) is 5.91 Å². The molecule has 0 saturated carbocycles. The molecule has 0 aromatic heterocycles. The van der Waals surface area contributed by atoms with Crippen molar-refractivity contribution in [3.8, 4) is 0 Å². The zero-order valence-corrected chi connectivity index (χ0v) is 13.8. The van der Waals surface area contributed by atoms with E-state index in [4.69, 9.17) is 23.2 Å². The Morgan fingerprint density at radius 2 is 1.85 bits per heavy atom. The summed E-state index contributed by atoms with van der Waals surface area (Å²) in [4.78, 5) is 11.9. The van der Waals surface area contributed by atoms with E-state index in [1.165, 1.54) is 0 Å². The molecule has 0 fully saturated rings. The molecule has 1 amide bonds. The second-order valence-electron chi connectivity index (χ2n) is 5.19. The molecule has 2 N–H and O–H groups in total. The van der Waals surface area contributed by atoms with Gasteiger partial charge >= 0.3 is 0 Å². The summed E-state index contributed by atoms with van der Waals surface area (Å²) in [6.45, 7) is 7.81. The number of hydrogen-bond acceptors (Lipinski definition) is 2. The zero-order valence-electron chi connectivity index (χ0n) is 12.3. The third kappa shape index (κ3) is 4.97. The summed E-state index contributed by atoms with van der Waals surface area (Å²) < 4.78 is 0. The Kier molecular flexibility index (Phi) is 6.80. The smallest absolute Gasteiger partial charge is 0.237 e. The normalized spacial score (nSPS) is 14.2. The molecule has 0 aliphatic heterocycles. The minimum Gasteiger partial charge on any atom is -0.353 e. The first kappa shape index (κ1) is 17.3. The van der Waals surface area contributed by atoms with Crippen LogP contribution in [0.3, 0.4) is 0 Å². The summed E-state index contributed by atoms with van der Waals surface area (Å²) in [5.74, 6) is -0.00138. The molecular formula is C15H22Cl2N2O. The van der Waals surface area contributed by atoms with E-state index < -0.39 is 0 Å². The predicted molar refractivity (Wildman–Crippen MR) is 85.4 cm³/mol. The molecule has 1 rings (SSSR count). The summed E-state index contributed by atoms with van der Waals surface area (Å²) in [7, 11) is 0. The second-order valence-corrected chi connectivity index (χ2v) is 6.00. The first-order valence-corrected chi connectivity index (χ1v) is 7.62. The van der Waals surface area contributed by atoms with Gasteiger partial charge in [-0.05, 0) is 44.9 Å². The molecule has 112 valence electrons. The van der Waals surface area contributed by atoms with Gasteiger partial charge in [-0.15, -0.1) is 0 Å². The fourth-order valence-electron chi connectivity index (χ4n) is 1.97. The third-order valence-corrected chi connectivity index (χ3v) is 3.77. The summed E-state index contributed by atoms with van der Waals surface area (Å²) in [5, 5.41) is 7.29. The van der Waals surface area contributed by atoms with Gasteiger partial charge in [-0.1, -0.05) is 36.2 Å². The molecular weight excluding hydrogens is 295 g/mol. The molecule has 0 saturated heterocycles. The molecule has 1 aromatic rings. The molecule has 0 aliphatic carbocycles. The van der Waals surface area contributed by atoms with Crippen molar-refractivity contribution in [2.24, 2.45) is 0 Å². The molecule has 0 radical (unpaired) electrons. The largest absolute Gasteiger partial charge is 0.353 e. The fraction of sp³-hybridized carbons (Fsp3) is 0.533. The minimum atomic E-state index is -0.267. The van der Waals surface area contributed by atoms with Crippen LogP contribution in [0.2, 0.25) is 10.0 Å². The summed E-state index contributed by atoms with van der Waals surface area (Å²) >= 11 is 12.0. The van der Waals surface area contributed by atoms with Gasteiger partial charge in [0.15, 0.2) is 0 Å². The number of carbonyl (C=O) groups is 1. The average molecular weight is 317 g/mol. The van der Waals surface area contributed by atoms with Crippen LogP contribution in [0.15, 0.2) is 18.2 Å². The molecule has 0 heterocycles. The van der Waals surface area contributed by atoms with Gasteiger partial charge in [-0.3, -0.25) is 10.1 Å². The van der Waals surface area contributed by atoms with E-state index in [0.717, 1.165) is 12.0 Å². The number of nitrogens with one attached hydrogen (secondary N) is 2. The van der Waals surface area contributed by atoms with Crippen molar-refractivity contribution in [2.45, 2.75) is 52.2 Å². The Morgan fingerprint density at radius 3 is 2.35 bits per heavy atom. The first-order valence-electron chi connectivity index (χ1n) is 6.86. The fourth-order valence-corrected chi connectivity index (χ4v) is 2.27. The standard InChI is InChI=1S/C15H22Cl2N2O/c1-5-14(11-6-7-12(16)13(17)8-11)19-10(4)15(20)18-9(2)3/h6-10,14,19H,5H2,1-4H3,(H,18,20). The lowest BCUT2D eigenvalue weighted by atomic mass is 10.0. The lowest BCUT2D eigenvalue weighted by Crippen LogP contribution is -2.45. The summed E-state index contributed by atoms with van der Waals surface area (Å²) in [6.07, 6.45) is 0.858. The van der Waals surface area contributed by atoms with Crippen molar-refractivity contribution >= 4 is 29.1 Å². The van der Waals surface area contributed by atoms with Crippen molar-refractivity contribution in [1.82, 2.24) is 10.6 Å². The lowest BCUT2D eigenvalue weighted by Gasteiger charge is -2.23. The van der Waals surface area contributed by atoms with E-state index in [1.54, 1.807) is 6.07 Å². The van der Waals surface area contributed by atoms with Gasteiger partial charge in [0, 0.05) is 12.1 Å². The molecule has 2 unspecified atom stereocenters. The molecule has 0 bridgehead atoms. The van der Waals surface area contributed by atoms with Crippen LogP contribution >= 0.6 is 23.2 Å². The van der Waals surface area contributed by atoms with Gasteiger partial charge in [0.25, 0.3) is 0 Å². The maximum absolute atomic E-state index is 11.9. The Balaban J connectivity index is 2.76. The highest BCUT2D eigenvalue weighted by Crippen LogP contribution is 2.27. The van der Waals surface area contributed by atoms with Crippen molar-refractivity contribution < 1.29 is 4.79 Å². The third-order valence-electron chi connectivity index (χ3n) is 3.03. The molecule has 0 spiro atoms. The quantitative estimate of drug-likeness (QED) is 0.834. The average Bonchev–Trinajstić information content (AvgIpc) is 2.38. The monoisotopic (exact) mass is 316 g/mol. The first-order chi connectivity index (χ1) is 9.35. The van der Waals surface area contributed by atoms with E-state index in [1.807, 2.05) is 32.9 Å². The maximum Gasteiger partial charge on any atom is 0.237 e. The zero-order chi connectivity index (χ0) is 15.3. The van der Waals surface area contributed by atoms with Crippen LogP contribution < -0.4 is 10.6 Å². The van der Waals surface area contributed by atoms with Gasteiger partial charge in [-0.25, -0.2) is 0 Å². The van der Waals surface area contributed by atoms with Crippen LogP contribution in [-0.2, 0) is 4.79 Å². The summed E-state index contributed by atoms with van der Waals surface area (Å²) in [6, 6.07) is 5.49. The number of amides is 1. The molecule has 0 aliphatic rings. The molecule has 20 heavy (non-hydrogen) atoms. The molecule has 1 aromatic carbocycles. The maximum atomic E-state index is 11.9. The highest BCUT2D eigenvalue weighted by Gasteiger charge is 2.19. The van der Waals surface area contributed by atoms with Gasteiger partial charge < -0.3 is 5.32 Å². The van der Waals surface area contributed by atoms with E-state index in [-0.39, 0.29) is 24.0 Å². The van der Waals surface area contributed by atoms with Crippen LogP contribution in [0.5, 0.6) is 0 Å². The van der Waals surface area contributed by atoms with Crippen LogP contribution in [0, 0.1) is 0 Å². The van der Waals surface area contributed by atoms with Crippen molar-refractivity contribution in [2.75, 3.05) is 0 Å². The van der Waals surface area contributed by atoms with Crippen LogP contribution in [0.1, 0.15) is 45.7 Å². The number of hydrogen-bond donors (Lipinski definition) is 2. The van der Waals surface area contributed by atoms with Gasteiger partial charge in [0.1, 0.15) is 0 Å². The van der Waals surface area contributed by atoms with E-state index >= 15 is 0 Å². The topological polar surface area (TPSA) is 41.1 Å². The highest BCUT2D eigenvalue weighted by molar-refractivity contribution is 6.42. The Bertz CT molecular complexity index is 463. The molecule has 5 heteroatoms. The predicted octanol–water partition coefficient (Wildman–Crippen LogP) is 3.95. The van der Waals surface area contributed by atoms with Gasteiger partial charge in [0.05, 0.1) is 16.1 Å². The Labute approximate surface area is 131 Å². The lowest BCUT2D eigenvalue weighted by molar-refractivity contribution is -0.123. The molecule has 3 nitrogen and oxygen atoms in total. The number of benzene rings is 1. The van der Waals surface area contributed by atoms with Crippen molar-refractivity contribution in [1.29, 1.82) is 0 Å².